The largest absolute Gasteiger partial charge is 0.377 e. The maximum Gasteiger partial charge on any atom is 0.288 e. The summed E-state index contributed by atoms with van der Waals surface area (Å²) in [4.78, 5) is 10.1. The number of nitrogens with two attached hydrogens (primary N) is 1. The Hall–Kier alpha value is -2.45. The molecule has 24 heavy (non-hydrogen) atoms. The molecule has 6 nitrogen and oxygen atoms in total. The highest BCUT2D eigenvalue weighted by molar-refractivity contribution is 8.13. The van der Waals surface area contributed by atoms with Crippen molar-refractivity contribution in [1.29, 1.82) is 0 Å². The summed E-state index contributed by atoms with van der Waals surface area (Å²) in [5, 5.41) is 18.1. The van der Waals surface area contributed by atoms with Crippen LogP contribution in [0.3, 0.4) is 0 Å². The van der Waals surface area contributed by atoms with E-state index >= 15 is 0 Å². The van der Waals surface area contributed by atoms with Crippen molar-refractivity contribution in [2.75, 3.05) is 0 Å². The number of hydrogen-bond acceptors (Lipinski definition) is 5. The van der Waals surface area contributed by atoms with Crippen LogP contribution in [-0.4, -0.2) is 16.3 Å². The van der Waals surface area contributed by atoms with Crippen LogP contribution in [0.25, 0.3) is 0 Å². The summed E-state index contributed by atoms with van der Waals surface area (Å²) < 4.78 is 13.7. The fraction of sp³-hybridized carbons (Fsp3) is 0.0667. The normalized spacial score (nSPS) is 11.8. The molecule has 0 bridgehead atoms. The van der Waals surface area contributed by atoms with Gasteiger partial charge in [0.15, 0.2) is 5.17 Å². The molecule has 0 radical (unpaired) electrons. The summed E-state index contributed by atoms with van der Waals surface area (Å²) in [6, 6.07) is 11.5. The van der Waals surface area contributed by atoms with Gasteiger partial charge >= 0.3 is 0 Å². The fourth-order valence-corrected chi connectivity index (χ4v) is 2.53. The van der Waals surface area contributed by atoms with Gasteiger partial charge in [0, 0.05) is 23.4 Å². The minimum absolute atomic E-state index is 0.101. The smallest absolute Gasteiger partial charge is 0.288 e. The monoisotopic (exact) mass is 366 g/mol. The van der Waals surface area contributed by atoms with E-state index in [1.165, 1.54) is 11.8 Å². The summed E-state index contributed by atoms with van der Waals surface area (Å²) in [6.45, 7) is 0. The molecule has 0 atom stereocenters. The Kier molecular flexibility index (Phi) is 6.28. The van der Waals surface area contributed by atoms with Gasteiger partial charge in [-0.3, -0.25) is 10.1 Å². The zero-order chi connectivity index (χ0) is 17.5. The van der Waals surface area contributed by atoms with Gasteiger partial charge < -0.3 is 5.73 Å². The molecule has 9 heteroatoms. The third-order valence-electron chi connectivity index (χ3n) is 2.85. The van der Waals surface area contributed by atoms with Crippen LogP contribution in [0.1, 0.15) is 11.1 Å². The highest BCUT2D eigenvalue weighted by Crippen LogP contribution is 2.26. The van der Waals surface area contributed by atoms with Crippen molar-refractivity contribution in [1.82, 2.24) is 0 Å². The van der Waals surface area contributed by atoms with Crippen LogP contribution in [0.2, 0.25) is 5.02 Å². The minimum atomic E-state index is -0.736. The Labute approximate surface area is 146 Å². The van der Waals surface area contributed by atoms with Crippen molar-refractivity contribution in [2.24, 2.45) is 15.9 Å². The fourth-order valence-electron chi connectivity index (χ4n) is 1.70. The molecule has 0 saturated heterocycles. The lowest BCUT2D eigenvalue weighted by Gasteiger charge is -2.00. The Bertz CT molecular complexity index is 800. The predicted octanol–water partition coefficient (Wildman–Crippen LogP) is 3.97. The molecule has 0 heterocycles. The number of hydrogen-bond donors (Lipinski definition) is 1. The lowest BCUT2D eigenvalue weighted by atomic mass is 10.2. The van der Waals surface area contributed by atoms with Gasteiger partial charge in [-0.1, -0.05) is 53.7 Å². The Balaban J connectivity index is 2.04. The summed E-state index contributed by atoms with van der Waals surface area (Å²) in [5.41, 5.74) is 6.27. The van der Waals surface area contributed by atoms with Crippen molar-refractivity contribution in [3.05, 3.63) is 74.5 Å². The first-order valence-electron chi connectivity index (χ1n) is 6.64. The van der Waals surface area contributed by atoms with E-state index in [-0.39, 0.29) is 15.8 Å². The molecule has 124 valence electrons. The third-order valence-corrected chi connectivity index (χ3v) is 4.00. The molecule has 0 saturated carbocycles. The molecule has 0 fully saturated rings. The molecule has 2 N–H and O–H groups in total. The van der Waals surface area contributed by atoms with Gasteiger partial charge in [-0.25, -0.2) is 4.39 Å². The van der Waals surface area contributed by atoms with Crippen molar-refractivity contribution in [3.8, 4) is 0 Å². The van der Waals surface area contributed by atoms with Crippen LogP contribution in [0, 0.1) is 15.9 Å². The van der Waals surface area contributed by atoms with Gasteiger partial charge in [0.05, 0.1) is 11.1 Å². The number of rotatable bonds is 5. The molecule has 0 aliphatic carbocycles. The van der Waals surface area contributed by atoms with Crippen LogP contribution < -0.4 is 5.73 Å². The molecule has 0 aliphatic rings. The molecule has 2 aromatic carbocycles. The minimum Gasteiger partial charge on any atom is -0.377 e. The molecular weight excluding hydrogens is 355 g/mol. The Morgan fingerprint density at radius 1 is 1.38 bits per heavy atom. The van der Waals surface area contributed by atoms with Crippen LogP contribution in [0.5, 0.6) is 0 Å². The Morgan fingerprint density at radius 2 is 2.08 bits per heavy atom. The summed E-state index contributed by atoms with van der Waals surface area (Å²) in [6.07, 6.45) is 1.05. The second-order valence-electron chi connectivity index (χ2n) is 4.54. The van der Waals surface area contributed by atoms with E-state index in [9.17, 15) is 14.5 Å². The number of nitrogens with zero attached hydrogens (tertiary/aromatic N) is 3. The first-order valence-corrected chi connectivity index (χ1v) is 8.00. The van der Waals surface area contributed by atoms with Gasteiger partial charge in [-0.05, 0) is 5.56 Å². The second-order valence-corrected chi connectivity index (χ2v) is 5.94. The van der Waals surface area contributed by atoms with Crippen LogP contribution in [0.15, 0.2) is 52.7 Å². The topological polar surface area (TPSA) is 93.9 Å². The maximum atomic E-state index is 13.7. The van der Waals surface area contributed by atoms with E-state index in [0.717, 1.165) is 23.9 Å². The van der Waals surface area contributed by atoms with Crippen molar-refractivity contribution in [3.63, 3.8) is 0 Å². The molecule has 0 aliphatic heterocycles. The standard InChI is InChI=1S/C15H12ClFN4O2S/c16-12-7-13(17)11(6-14(12)21(22)23)8-19-20-15(18)24-9-10-4-2-1-3-5-10/h1-8H,9H2,(H2,18,20). The predicted molar refractivity (Wildman–Crippen MR) is 95.0 cm³/mol. The number of benzene rings is 2. The van der Waals surface area contributed by atoms with Crippen LogP contribution in [0.4, 0.5) is 10.1 Å². The number of nitro groups is 1. The first-order chi connectivity index (χ1) is 11.5. The third kappa shape index (κ3) is 5.04. The van der Waals surface area contributed by atoms with Gasteiger partial charge in [0.1, 0.15) is 10.8 Å². The molecule has 0 amide bonds. The van der Waals surface area contributed by atoms with Crippen molar-refractivity contribution < 1.29 is 9.31 Å². The number of amidine groups is 1. The average molecular weight is 367 g/mol. The van der Waals surface area contributed by atoms with E-state index < -0.39 is 16.4 Å². The maximum absolute atomic E-state index is 13.7. The van der Waals surface area contributed by atoms with Crippen LogP contribution >= 0.6 is 23.4 Å². The van der Waals surface area contributed by atoms with E-state index in [1.807, 2.05) is 30.3 Å². The molecular formula is C15H12ClFN4O2S. The summed E-state index contributed by atoms with van der Waals surface area (Å²) in [5.74, 6) is -0.119. The quantitative estimate of drug-likeness (QED) is 0.375. The summed E-state index contributed by atoms with van der Waals surface area (Å²) in [7, 11) is 0. The summed E-state index contributed by atoms with van der Waals surface area (Å²) >= 11 is 6.87. The lowest BCUT2D eigenvalue weighted by Crippen LogP contribution is -2.06. The highest BCUT2D eigenvalue weighted by Gasteiger charge is 2.16. The number of thioether (sulfide) groups is 1. The van der Waals surface area contributed by atoms with Crippen molar-refractivity contribution in [2.45, 2.75) is 5.75 Å². The van der Waals surface area contributed by atoms with Gasteiger partial charge in [-0.2, -0.15) is 5.10 Å². The SMILES string of the molecule is NC(=NN=Cc1cc([N+](=O)[O-])c(Cl)cc1F)SCc1ccccc1. The Morgan fingerprint density at radius 3 is 2.75 bits per heavy atom. The van der Waals surface area contributed by atoms with Crippen molar-refractivity contribution >= 4 is 40.4 Å². The van der Waals surface area contributed by atoms with E-state index in [1.54, 1.807) is 0 Å². The van der Waals surface area contributed by atoms with Gasteiger partial charge in [0.25, 0.3) is 5.69 Å². The van der Waals surface area contributed by atoms with Gasteiger partial charge in [-0.15, -0.1) is 5.10 Å². The van der Waals surface area contributed by atoms with Gasteiger partial charge in [0.2, 0.25) is 0 Å². The second kappa shape index (κ2) is 8.42. The number of halogens is 2. The first kappa shape index (κ1) is 17.9. The highest BCUT2D eigenvalue weighted by atomic mass is 35.5. The molecule has 0 spiro atoms. The molecule has 2 rings (SSSR count). The molecule has 0 aromatic heterocycles. The lowest BCUT2D eigenvalue weighted by molar-refractivity contribution is -0.384. The van der Waals surface area contributed by atoms with E-state index in [0.29, 0.717) is 5.75 Å². The van der Waals surface area contributed by atoms with E-state index in [4.69, 9.17) is 17.3 Å². The zero-order valence-electron chi connectivity index (χ0n) is 12.2. The zero-order valence-corrected chi connectivity index (χ0v) is 13.8. The molecule has 2 aromatic rings. The molecule has 0 unspecified atom stereocenters. The number of nitro benzene ring substituents is 1. The average Bonchev–Trinajstić information content (AvgIpc) is 2.55. The van der Waals surface area contributed by atoms with E-state index in [2.05, 4.69) is 10.2 Å². The van der Waals surface area contributed by atoms with Crippen LogP contribution in [-0.2, 0) is 5.75 Å².